The monoisotopic (exact) mass is 441 g/mol. The van der Waals surface area contributed by atoms with Gasteiger partial charge in [0.2, 0.25) is 0 Å². The van der Waals surface area contributed by atoms with Crippen molar-refractivity contribution in [2.24, 2.45) is 0 Å². The number of carboxylic acid groups (broad SMARTS) is 1. The summed E-state index contributed by atoms with van der Waals surface area (Å²) in [6.07, 6.45) is 1.98. The molecule has 2 aromatic heterocycles. The van der Waals surface area contributed by atoms with Gasteiger partial charge in [0.1, 0.15) is 4.88 Å². The molecule has 1 saturated heterocycles. The molecule has 2 atom stereocenters. The lowest BCUT2D eigenvalue weighted by atomic mass is 10.0. The number of H-pyrrole nitrogens is 1. The Balaban J connectivity index is 1.67. The van der Waals surface area contributed by atoms with Crippen molar-refractivity contribution in [2.45, 2.75) is 45.3 Å². The van der Waals surface area contributed by atoms with Crippen molar-refractivity contribution < 1.29 is 19.4 Å². The number of anilines is 1. The molecule has 9 nitrogen and oxygen atoms in total. The highest BCUT2D eigenvalue weighted by Gasteiger charge is 2.33. The van der Waals surface area contributed by atoms with Gasteiger partial charge in [-0.3, -0.25) is 4.79 Å². The molecule has 0 saturated carbocycles. The van der Waals surface area contributed by atoms with Crippen LogP contribution in [0.1, 0.15) is 51.4 Å². The van der Waals surface area contributed by atoms with Crippen molar-refractivity contribution in [3.63, 3.8) is 0 Å². The number of hydrogen-bond acceptors (Lipinski definition) is 7. The van der Waals surface area contributed by atoms with E-state index in [2.05, 4.69) is 20.3 Å². The van der Waals surface area contributed by atoms with Gasteiger partial charge in [-0.1, -0.05) is 36.3 Å². The third-order valence-electron chi connectivity index (χ3n) is 4.87. The van der Waals surface area contributed by atoms with Crippen LogP contribution in [0.4, 0.5) is 5.13 Å². The minimum Gasteiger partial charge on any atom is -0.477 e. The van der Waals surface area contributed by atoms with Gasteiger partial charge in [0.15, 0.2) is 16.1 Å². The molecular weight excluding hydrogens is 418 g/mol. The van der Waals surface area contributed by atoms with Gasteiger partial charge in [0.25, 0.3) is 5.91 Å². The summed E-state index contributed by atoms with van der Waals surface area (Å²) in [7, 11) is 1.59. The molecule has 3 rings (SSSR count). The van der Waals surface area contributed by atoms with Gasteiger partial charge < -0.3 is 25.0 Å². The van der Waals surface area contributed by atoms with Crippen LogP contribution in [0.5, 0.6) is 0 Å². The second-order valence-electron chi connectivity index (χ2n) is 6.91. The Morgan fingerprint density at radius 1 is 1.45 bits per heavy atom. The summed E-state index contributed by atoms with van der Waals surface area (Å²) in [5, 5.41) is 13.2. The number of hydrogen-bond donors (Lipinski definition) is 3. The Hall–Kier alpha value is -2.17. The van der Waals surface area contributed by atoms with Crippen LogP contribution in [0.3, 0.4) is 0 Å². The Labute approximate surface area is 177 Å². The molecule has 1 amide bonds. The number of aryl methyl sites for hydroxylation is 2. The number of piperidine rings is 1. The zero-order valence-electron chi connectivity index (χ0n) is 16.5. The zero-order chi connectivity index (χ0) is 21.1. The lowest BCUT2D eigenvalue weighted by Crippen LogP contribution is -2.55. The van der Waals surface area contributed by atoms with E-state index in [0.717, 1.165) is 29.9 Å². The first-order valence-electron chi connectivity index (χ1n) is 9.37. The van der Waals surface area contributed by atoms with Gasteiger partial charge in [-0.15, -0.1) is 0 Å². The number of carbonyl (C=O) groups excluding carboxylic acids is 1. The maximum Gasteiger partial charge on any atom is 0.347 e. The van der Waals surface area contributed by atoms with Crippen LogP contribution < -0.4 is 10.2 Å². The number of carbonyl (C=O) groups is 2. The molecule has 29 heavy (non-hydrogen) atoms. The van der Waals surface area contributed by atoms with E-state index in [1.807, 2.05) is 11.8 Å². The maximum absolute atomic E-state index is 12.6. The molecule has 3 heterocycles. The average molecular weight is 442 g/mol. The summed E-state index contributed by atoms with van der Waals surface area (Å²) >= 11 is 7.24. The number of carboxylic acids is 1. The number of aromatic nitrogens is 3. The zero-order valence-corrected chi connectivity index (χ0v) is 18.1. The molecule has 1 fully saturated rings. The average Bonchev–Trinajstić information content (AvgIpc) is 3.25. The summed E-state index contributed by atoms with van der Waals surface area (Å²) in [6.45, 7) is 4.83. The standard InChI is InChI=1S/C18H24ClN5O4S/c1-4-5-11-14(19)23-15(21-11)16(25)22-10-6-7-24(8-12(10)28-3)18-20-9(2)13(29-18)17(26)27/h10,12H,4-8H2,1-3H3,(H,21,23)(H,22,25)(H,26,27)/t10-,12+/m1/s1. The molecule has 0 unspecified atom stereocenters. The quantitative estimate of drug-likeness (QED) is 0.603. The molecule has 0 radical (unpaired) electrons. The number of amides is 1. The predicted octanol–water partition coefficient (Wildman–Crippen LogP) is 2.50. The molecule has 2 aromatic rings. The van der Waals surface area contributed by atoms with Gasteiger partial charge in [0.05, 0.1) is 23.5 Å². The minimum absolute atomic E-state index is 0.192. The Morgan fingerprint density at radius 2 is 2.21 bits per heavy atom. The molecule has 1 aliphatic rings. The number of aromatic amines is 1. The van der Waals surface area contributed by atoms with E-state index in [1.165, 1.54) is 0 Å². The Morgan fingerprint density at radius 3 is 2.83 bits per heavy atom. The summed E-state index contributed by atoms with van der Waals surface area (Å²) in [4.78, 5) is 37.6. The number of halogens is 1. The van der Waals surface area contributed by atoms with Crippen LogP contribution in [0.25, 0.3) is 0 Å². The highest BCUT2D eigenvalue weighted by Crippen LogP contribution is 2.29. The first kappa shape index (κ1) is 21.5. The van der Waals surface area contributed by atoms with Gasteiger partial charge in [-0.2, -0.15) is 0 Å². The Kier molecular flexibility index (Phi) is 6.76. The molecule has 0 aromatic carbocycles. The van der Waals surface area contributed by atoms with Crippen LogP contribution in [0.2, 0.25) is 5.15 Å². The molecule has 11 heteroatoms. The Bertz CT molecular complexity index is 899. The van der Waals surface area contributed by atoms with Gasteiger partial charge >= 0.3 is 5.97 Å². The van der Waals surface area contributed by atoms with Gasteiger partial charge in [-0.05, 0) is 19.8 Å². The fourth-order valence-corrected chi connectivity index (χ4v) is 4.53. The van der Waals surface area contributed by atoms with E-state index in [-0.39, 0.29) is 28.8 Å². The normalized spacial score (nSPS) is 19.4. The number of methoxy groups -OCH3 is 1. The second kappa shape index (κ2) is 9.10. The predicted molar refractivity (Wildman–Crippen MR) is 110 cm³/mol. The number of imidazole rings is 1. The molecular formula is C18H24ClN5O4S. The molecule has 0 aliphatic carbocycles. The molecule has 158 valence electrons. The first-order valence-corrected chi connectivity index (χ1v) is 10.6. The van der Waals surface area contributed by atoms with E-state index in [1.54, 1.807) is 14.0 Å². The van der Waals surface area contributed by atoms with Crippen LogP contribution in [0, 0.1) is 6.92 Å². The number of rotatable bonds is 7. The summed E-state index contributed by atoms with van der Waals surface area (Å²) in [5.41, 5.74) is 1.25. The van der Waals surface area contributed by atoms with Crippen LogP contribution in [0.15, 0.2) is 0 Å². The molecule has 1 aliphatic heterocycles. The van der Waals surface area contributed by atoms with E-state index in [4.69, 9.17) is 16.3 Å². The maximum atomic E-state index is 12.6. The summed E-state index contributed by atoms with van der Waals surface area (Å²) in [6, 6.07) is -0.206. The fourth-order valence-electron chi connectivity index (χ4n) is 3.36. The minimum atomic E-state index is -0.976. The van der Waals surface area contributed by atoms with Crippen LogP contribution in [-0.2, 0) is 11.2 Å². The summed E-state index contributed by atoms with van der Waals surface area (Å²) in [5.74, 6) is -1.11. The van der Waals surface area contributed by atoms with Crippen LogP contribution >= 0.6 is 22.9 Å². The first-order chi connectivity index (χ1) is 13.8. The van der Waals surface area contributed by atoms with E-state index >= 15 is 0 Å². The lowest BCUT2D eigenvalue weighted by Gasteiger charge is -2.37. The van der Waals surface area contributed by atoms with Crippen molar-refractivity contribution in [1.29, 1.82) is 0 Å². The largest absolute Gasteiger partial charge is 0.477 e. The number of thiazole rings is 1. The lowest BCUT2D eigenvalue weighted by molar-refractivity contribution is 0.0538. The molecule has 3 N–H and O–H groups in total. The third kappa shape index (κ3) is 4.71. The number of nitrogens with one attached hydrogen (secondary N) is 2. The van der Waals surface area contributed by atoms with Crippen LogP contribution in [-0.4, -0.2) is 64.3 Å². The van der Waals surface area contributed by atoms with Crippen molar-refractivity contribution in [3.8, 4) is 0 Å². The van der Waals surface area contributed by atoms with Crippen molar-refractivity contribution in [1.82, 2.24) is 20.3 Å². The second-order valence-corrected chi connectivity index (χ2v) is 8.25. The SMILES string of the molecule is CCCc1[nH]c(C(=O)N[C@@H]2CCN(c3nc(C)c(C(=O)O)s3)C[C@@H]2OC)nc1Cl. The topological polar surface area (TPSA) is 120 Å². The third-order valence-corrected chi connectivity index (χ3v) is 6.39. The summed E-state index contributed by atoms with van der Waals surface area (Å²) < 4.78 is 5.59. The highest BCUT2D eigenvalue weighted by atomic mass is 35.5. The van der Waals surface area contributed by atoms with Gasteiger partial charge in [-0.25, -0.2) is 14.8 Å². The smallest absolute Gasteiger partial charge is 0.347 e. The van der Waals surface area contributed by atoms with E-state index in [9.17, 15) is 14.7 Å². The number of nitrogens with zero attached hydrogens (tertiary/aromatic N) is 3. The number of aromatic carboxylic acids is 1. The highest BCUT2D eigenvalue weighted by molar-refractivity contribution is 7.17. The van der Waals surface area contributed by atoms with Crippen molar-refractivity contribution >= 4 is 39.9 Å². The molecule has 0 bridgehead atoms. The fraction of sp³-hybridized carbons (Fsp3) is 0.556. The van der Waals surface area contributed by atoms with E-state index < -0.39 is 5.97 Å². The number of ether oxygens (including phenoxy) is 1. The molecule has 0 spiro atoms. The van der Waals surface area contributed by atoms with Crippen molar-refractivity contribution in [3.05, 3.63) is 27.2 Å². The van der Waals surface area contributed by atoms with Crippen molar-refractivity contribution in [2.75, 3.05) is 25.1 Å². The van der Waals surface area contributed by atoms with Gasteiger partial charge in [0, 0.05) is 20.2 Å². The van der Waals surface area contributed by atoms with E-state index in [0.29, 0.717) is 35.5 Å².